The fourth-order valence-corrected chi connectivity index (χ4v) is 1.47. The van der Waals surface area contributed by atoms with Gasteiger partial charge in [-0.1, -0.05) is 0 Å². The van der Waals surface area contributed by atoms with Crippen LogP contribution in [0.5, 0.6) is 0 Å². The molecule has 0 heterocycles. The molecule has 110 valence electrons. The van der Waals surface area contributed by atoms with Crippen LogP contribution in [0.15, 0.2) is 18.2 Å². The van der Waals surface area contributed by atoms with Crippen LogP contribution in [0.25, 0.3) is 0 Å². The van der Waals surface area contributed by atoms with Crippen molar-refractivity contribution >= 4 is 11.9 Å². The summed E-state index contributed by atoms with van der Waals surface area (Å²) < 4.78 is 35.4. The monoisotopic (exact) mass is 287 g/mol. The Hall–Kier alpha value is -2.02. The first-order valence-corrected chi connectivity index (χ1v) is 5.84. The zero-order chi connectivity index (χ0) is 15.1. The minimum atomic E-state index is -1.04. The van der Waals surface area contributed by atoms with Crippen LogP contribution >= 0.6 is 0 Å². The van der Waals surface area contributed by atoms with Gasteiger partial charge in [0.15, 0.2) is 6.61 Å². The number of carbonyl (C=O) groups excluding carboxylic acids is 2. The lowest BCUT2D eigenvalue weighted by molar-refractivity contribution is -0.125. The van der Waals surface area contributed by atoms with E-state index in [1.165, 1.54) is 7.11 Å². The van der Waals surface area contributed by atoms with Gasteiger partial charge in [0.05, 0.1) is 12.2 Å². The molecule has 0 unspecified atom stereocenters. The average Bonchev–Trinajstić information content (AvgIpc) is 2.36. The normalized spacial score (nSPS) is 11.8. The van der Waals surface area contributed by atoms with E-state index in [4.69, 9.17) is 4.74 Å². The van der Waals surface area contributed by atoms with Crippen molar-refractivity contribution in [2.45, 2.75) is 13.0 Å². The van der Waals surface area contributed by atoms with E-state index in [2.05, 4.69) is 10.1 Å². The fourth-order valence-electron chi connectivity index (χ4n) is 1.47. The number of methoxy groups -OCH3 is 1. The Bertz CT molecular complexity index is 493. The molecule has 1 rings (SSSR count). The molecule has 0 spiro atoms. The van der Waals surface area contributed by atoms with Crippen molar-refractivity contribution in [2.24, 2.45) is 0 Å². The van der Waals surface area contributed by atoms with E-state index in [9.17, 15) is 18.4 Å². The van der Waals surface area contributed by atoms with Crippen molar-refractivity contribution in [1.29, 1.82) is 0 Å². The third kappa shape index (κ3) is 4.93. The van der Waals surface area contributed by atoms with Crippen LogP contribution < -0.4 is 5.32 Å². The van der Waals surface area contributed by atoms with Crippen LogP contribution in [0.1, 0.15) is 17.3 Å². The highest BCUT2D eigenvalue weighted by Gasteiger charge is 2.16. The number of carbonyl (C=O) groups is 2. The molecule has 0 aromatic heterocycles. The van der Waals surface area contributed by atoms with Crippen LogP contribution in [0.2, 0.25) is 0 Å². The number of nitrogens with one attached hydrogen (secondary N) is 1. The summed E-state index contributed by atoms with van der Waals surface area (Å²) in [5.74, 6) is -3.41. The number of hydrogen-bond donors (Lipinski definition) is 1. The summed E-state index contributed by atoms with van der Waals surface area (Å²) >= 11 is 0. The molecule has 0 radical (unpaired) electrons. The van der Waals surface area contributed by atoms with E-state index in [0.717, 1.165) is 12.1 Å². The van der Waals surface area contributed by atoms with Gasteiger partial charge in [0.1, 0.15) is 11.6 Å². The largest absolute Gasteiger partial charge is 0.452 e. The van der Waals surface area contributed by atoms with E-state index < -0.39 is 35.7 Å². The van der Waals surface area contributed by atoms with Crippen LogP contribution in [0.3, 0.4) is 0 Å². The quantitative estimate of drug-likeness (QED) is 0.800. The Labute approximate surface area is 114 Å². The maximum absolute atomic E-state index is 13.3. The molecule has 0 bridgehead atoms. The maximum atomic E-state index is 13.3. The van der Waals surface area contributed by atoms with E-state index in [0.29, 0.717) is 12.7 Å². The van der Waals surface area contributed by atoms with E-state index >= 15 is 0 Å². The molecule has 0 aliphatic heterocycles. The number of halogens is 2. The van der Waals surface area contributed by atoms with Gasteiger partial charge in [0.2, 0.25) is 0 Å². The standard InChI is InChI=1S/C13H15F2NO4/c1-8(6-19-2)16-12(17)7-20-13(18)10-4-3-9(14)5-11(10)15/h3-5,8H,6-7H2,1-2H3,(H,16,17)/t8-/m1/s1. The molecule has 0 saturated carbocycles. The van der Waals surface area contributed by atoms with Crippen molar-refractivity contribution in [3.8, 4) is 0 Å². The highest BCUT2D eigenvalue weighted by molar-refractivity contribution is 5.91. The summed E-state index contributed by atoms with van der Waals surface area (Å²) in [6, 6.07) is 2.21. The average molecular weight is 287 g/mol. The second kappa shape index (κ2) is 7.54. The second-order valence-electron chi connectivity index (χ2n) is 4.12. The van der Waals surface area contributed by atoms with E-state index in [-0.39, 0.29) is 6.04 Å². The third-order valence-corrected chi connectivity index (χ3v) is 2.31. The molecule has 5 nitrogen and oxygen atoms in total. The first-order valence-electron chi connectivity index (χ1n) is 5.84. The summed E-state index contributed by atoms with van der Waals surface area (Å²) in [5, 5.41) is 2.52. The second-order valence-corrected chi connectivity index (χ2v) is 4.12. The first kappa shape index (κ1) is 16.0. The van der Waals surface area contributed by atoms with E-state index in [1.807, 2.05) is 0 Å². The van der Waals surface area contributed by atoms with Crippen molar-refractivity contribution in [2.75, 3.05) is 20.3 Å². The lowest BCUT2D eigenvalue weighted by Gasteiger charge is -2.12. The van der Waals surface area contributed by atoms with Gasteiger partial charge < -0.3 is 14.8 Å². The minimum Gasteiger partial charge on any atom is -0.452 e. The molecule has 1 N–H and O–H groups in total. The Morgan fingerprint density at radius 2 is 2.05 bits per heavy atom. The lowest BCUT2D eigenvalue weighted by atomic mass is 10.2. The Morgan fingerprint density at radius 1 is 1.35 bits per heavy atom. The van der Waals surface area contributed by atoms with Crippen molar-refractivity contribution in [1.82, 2.24) is 5.32 Å². The molecular formula is C13H15F2NO4. The van der Waals surface area contributed by atoms with Crippen molar-refractivity contribution in [3.05, 3.63) is 35.4 Å². The summed E-state index contributed by atoms with van der Waals surface area (Å²) in [5.41, 5.74) is -0.427. The SMILES string of the molecule is COC[C@@H](C)NC(=O)COC(=O)c1ccc(F)cc1F. The molecule has 0 aliphatic carbocycles. The number of amides is 1. The molecular weight excluding hydrogens is 272 g/mol. The molecule has 1 atom stereocenters. The van der Waals surface area contributed by atoms with Gasteiger partial charge in [0, 0.05) is 19.2 Å². The zero-order valence-electron chi connectivity index (χ0n) is 11.1. The molecule has 1 aromatic carbocycles. The van der Waals surface area contributed by atoms with Crippen molar-refractivity contribution < 1.29 is 27.8 Å². The zero-order valence-corrected chi connectivity index (χ0v) is 11.1. The maximum Gasteiger partial charge on any atom is 0.341 e. The lowest BCUT2D eigenvalue weighted by Crippen LogP contribution is -2.38. The molecule has 0 aliphatic rings. The number of benzene rings is 1. The topological polar surface area (TPSA) is 64.6 Å². The number of rotatable bonds is 6. The van der Waals surface area contributed by atoms with Gasteiger partial charge in [-0.15, -0.1) is 0 Å². The molecule has 1 amide bonds. The smallest absolute Gasteiger partial charge is 0.341 e. The highest BCUT2D eigenvalue weighted by Crippen LogP contribution is 2.10. The Kier molecular flexibility index (Phi) is 6.05. The van der Waals surface area contributed by atoms with Gasteiger partial charge in [-0.3, -0.25) is 4.79 Å². The molecule has 7 heteroatoms. The van der Waals surface area contributed by atoms with Gasteiger partial charge in [-0.2, -0.15) is 0 Å². The number of hydrogen-bond acceptors (Lipinski definition) is 4. The number of ether oxygens (including phenoxy) is 2. The first-order chi connectivity index (χ1) is 9.43. The van der Waals surface area contributed by atoms with Crippen molar-refractivity contribution in [3.63, 3.8) is 0 Å². The molecule has 0 fully saturated rings. The molecule has 0 saturated heterocycles. The summed E-state index contributed by atoms with van der Waals surface area (Å²) in [7, 11) is 1.49. The van der Waals surface area contributed by atoms with Gasteiger partial charge in [-0.05, 0) is 19.1 Å². The van der Waals surface area contributed by atoms with Crippen LogP contribution in [-0.2, 0) is 14.3 Å². The minimum absolute atomic E-state index is 0.242. The summed E-state index contributed by atoms with van der Waals surface area (Å²) in [4.78, 5) is 22.9. The van der Waals surface area contributed by atoms with Gasteiger partial charge >= 0.3 is 5.97 Å². The van der Waals surface area contributed by atoms with Gasteiger partial charge in [-0.25, -0.2) is 13.6 Å². The molecule has 1 aromatic rings. The summed E-state index contributed by atoms with van der Waals surface area (Å²) in [6.45, 7) is 1.47. The fraction of sp³-hybridized carbons (Fsp3) is 0.385. The predicted molar refractivity (Wildman–Crippen MR) is 66.1 cm³/mol. The highest BCUT2D eigenvalue weighted by atomic mass is 19.1. The Morgan fingerprint density at radius 3 is 2.65 bits per heavy atom. The number of esters is 1. The van der Waals surface area contributed by atoms with Crippen LogP contribution in [0.4, 0.5) is 8.78 Å². The third-order valence-electron chi connectivity index (χ3n) is 2.31. The Balaban J connectivity index is 2.49. The predicted octanol–water partition coefficient (Wildman–Crippen LogP) is 1.27. The van der Waals surface area contributed by atoms with Crippen LogP contribution in [-0.4, -0.2) is 38.2 Å². The van der Waals surface area contributed by atoms with Gasteiger partial charge in [0.25, 0.3) is 5.91 Å². The summed E-state index contributed by atoms with van der Waals surface area (Å²) in [6.07, 6.45) is 0. The molecule has 20 heavy (non-hydrogen) atoms. The van der Waals surface area contributed by atoms with E-state index in [1.54, 1.807) is 6.92 Å². The van der Waals surface area contributed by atoms with Crippen LogP contribution in [0, 0.1) is 11.6 Å².